The Labute approximate surface area is 84.0 Å². The summed E-state index contributed by atoms with van der Waals surface area (Å²) in [4.78, 5) is 0. The van der Waals surface area contributed by atoms with Gasteiger partial charge in [-0.2, -0.15) is 10.2 Å². The molecular formula is C12H14N2. The first kappa shape index (κ1) is 9.13. The minimum Gasteiger partial charge on any atom is -0.155 e. The largest absolute Gasteiger partial charge is 0.155 e. The predicted molar refractivity (Wildman–Crippen MR) is 58.5 cm³/mol. The first-order valence-electron chi connectivity index (χ1n) is 4.80. The van der Waals surface area contributed by atoms with Gasteiger partial charge in [0.05, 0.1) is 11.4 Å². The molecule has 0 spiro atoms. The zero-order chi connectivity index (χ0) is 10.3. The van der Waals surface area contributed by atoms with E-state index in [9.17, 15) is 0 Å². The number of benzene rings is 1. The average Bonchev–Trinajstić information content (AvgIpc) is 2.10. The van der Waals surface area contributed by atoms with Crippen LogP contribution in [0.1, 0.15) is 22.5 Å². The van der Waals surface area contributed by atoms with E-state index in [1.807, 2.05) is 13.8 Å². The van der Waals surface area contributed by atoms with Crippen LogP contribution in [0.25, 0.3) is 10.8 Å². The second-order valence-electron chi connectivity index (χ2n) is 3.88. The predicted octanol–water partition coefficient (Wildman–Crippen LogP) is 2.86. The van der Waals surface area contributed by atoms with Crippen molar-refractivity contribution in [2.75, 3.05) is 0 Å². The standard InChI is InChI=1S/C12H14N2/c1-7-5-8(2)12-10(4)14-13-9(3)11(12)6-7/h5-6H,1-4H3. The highest BCUT2D eigenvalue weighted by Crippen LogP contribution is 2.23. The quantitative estimate of drug-likeness (QED) is 0.632. The molecule has 0 radical (unpaired) electrons. The number of aromatic nitrogens is 2. The van der Waals surface area contributed by atoms with E-state index in [-0.39, 0.29) is 0 Å². The summed E-state index contributed by atoms with van der Waals surface area (Å²) in [5.74, 6) is 0. The van der Waals surface area contributed by atoms with Crippen molar-refractivity contribution in [1.29, 1.82) is 0 Å². The summed E-state index contributed by atoms with van der Waals surface area (Å²) in [6.07, 6.45) is 0. The van der Waals surface area contributed by atoms with E-state index in [1.165, 1.54) is 21.9 Å². The van der Waals surface area contributed by atoms with Crippen molar-refractivity contribution in [3.05, 3.63) is 34.6 Å². The zero-order valence-electron chi connectivity index (χ0n) is 9.05. The van der Waals surface area contributed by atoms with E-state index in [2.05, 4.69) is 36.2 Å². The molecule has 0 saturated carbocycles. The van der Waals surface area contributed by atoms with E-state index in [1.54, 1.807) is 0 Å². The molecule has 0 aliphatic rings. The van der Waals surface area contributed by atoms with Gasteiger partial charge in [-0.3, -0.25) is 0 Å². The smallest absolute Gasteiger partial charge is 0.0681 e. The van der Waals surface area contributed by atoms with Gasteiger partial charge in [0.1, 0.15) is 0 Å². The Bertz CT molecular complexity index is 501. The lowest BCUT2D eigenvalue weighted by atomic mass is 10.0. The van der Waals surface area contributed by atoms with Crippen LogP contribution in [-0.2, 0) is 0 Å². The van der Waals surface area contributed by atoms with Crippen LogP contribution in [0.15, 0.2) is 12.1 Å². The fourth-order valence-electron chi connectivity index (χ4n) is 1.99. The number of rotatable bonds is 0. The summed E-state index contributed by atoms with van der Waals surface area (Å²) in [6, 6.07) is 4.37. The van der Waals surface area contributed by atoms with Gasteiger partial charge in [0.2, 0.25) is 0 Å². The molecule has 0 bridgehead atoms. The molecule has 0 aliphatic carbocycles. The molecule has 0 fully saturated rings. The molecule has 2 aromatic rings. The number of hydrogen-bond donors (Lipinski definition) is 0. The lowest BCUT2D eigenvalue weighted by molar-refractivity contribution is 0.962. The minimum absolute atomic E-state index is 1.01. The van der Waals surface area contributed by atoms with Crippen molar-refractivity contribution in [1.82, 2.24) is 10.2 Å². The Morgan fingerprint density at radius 1 is 0.857 bits per heavy atom. The Morgan fingerprint density at radius 3 is 2.21 bits per heavy atom. The van der Waals surface area contributed by atoms with Crippen LogP contribution in [0.2, 0.25) is 0 Å². The third-order valence-electron chi connectivity index (χ3n) is 2.58. The summed E-state index contributed by atoms with van der Waals surface area (Å²) in [6.45, 7) is 8.26. The van der Waals surface area contributed by atoms with Crippen molar-refractivity contribution in [3.63, 3.8) is 0 Å². The molecule has 72 valence electrons. The number of hydrogen-bond acceptors (Lipinski definition) is 2. The van der Waals surface area contributed by atoms with Gasteiger partial charge < -0.3 is 0 Å². The van der Waals surface area contributed by atoms with Gasteiger partial charge in [0.15, 0.2) is 0 Å². The van der Waals surface area contributed by atoms with E-state index in [0.29, 0.717) is 0 Å². The van der Waals surface area contributed by atoms with Crippen LogP contribution >= 0.6 is 0 Å². The Kier molecular flexibility index (Phi) is 1.99. The summed E-state index contributed by atoms with van der Waals surface area (Å²) in [5, 5.41) is 10.8. The molecule has 0 atom stereocenters. The van der Waals surface area contributed by atoms with Gasteiger partial charge in [0.25, 0.3) is 0 Å². The lowest BCUT2D eigenvalue weighted by Gasteiger charge is -2.07. The van der Waals surface area contributed by atoms with Crippen LogP contribution in [0.5, 0.6) is 0 Å². The Balaban J connectivity index is 3.00. The monoisotopic (exact) mass is 186 g/mol. The van der Waals surface area contributed by atoms with E-state index < -0.39 is 0 Å². The minimum atomic E-state index is 1.01. The van der Waals surface area contributed by atoms with Gasteiger partial charge in [-0.1, -0.05) is 11.6 Å². The normalized spacial score (nSPS) is 10.9. The van der Waals surface area contributed by atoms with Crippen LogP contribution in [0, 0.1) is 27.7 Å². The fourth-order valence-corrected chi connectivity index (χ4v) is 1.99. The van der Waals surface area contributed by atoms with Gasteiger partial charge in [-0.25, -0.2) is 0 Å². The van der Waals surface area contributed by atoms with Crippen molar-refractivity contribution in [3.8, 4) is 0 Å². The maximum Gasteiger partial charge on any atom is 0.0681 e. The Morgan fingerprint density at radius 2 is 1.50 bits per heavy atom. The molecule has 2 heteroatoms. The molecule has 1 aromatic carbocycles. The summed E-state index contributed by atoms with van der Waals surface area (Å²) >= 11 is 0. The number of fused-ring (bicyclic) bond motifs is 1. The van der Waals surface area contributed by atoms with Gasteiger partial charge >= 0.3 is 0 Å². The van der Waals surface area contributed by atoms with Gasteiger partial charge in [-0.05, 0) is 39.3 Å². The van der Waals surface area contributed by atoms with Crippen LogP contribution in [0.3, 0.4) is 0 Å². The second-order valence-corrected chi connectivity index (χ2v) is 3.88. The number of nitrogens with zero attached hydrogens (tertiary/aromatic N) is 2. The molecule has 0 N–H and O–H groups in total. The number of aryl methyl sites for hydroxylation is 4. The second kappa shape index (κ2) is 3.05. The average molecular weight is 186 g/mol. The highest BCUT2D eigenvalue weighted by molar-refractivity contribution is 5.89. The van der Waals surface area contributed by atoms with Crippen LogP contribution < -0.4 is 0 Å². The van der Waals surface area contributed by atoms with Crippen LogP contribution in [-0.4, -0.2) is 10.2 Å². The lowest BCUT2D eigenvalue weighted by Crippen LogP contribution is -1.95. The maximum atomic E-state index is 4.15. The molecule has 0 amide bonds. The van der Waals surface area contributed by atoms with Gasteiger partial charge in [0, 0.05) is 10.8 Å². The third-order valence-corrected chi connectivity index (χ3v) is 2.58. The molecule has 2 nitrogen and oxygen atoms in total. The SMILES string of the molecule is Cc1cc(C)c2c(C)nnc(C)c2c1. The van der Waals surface area contributed by atoms with Gasteiger partial charge in [-0.15, -0.1) is 0 Å². The molecule has 14 heavy (non-hydrogen) atoms. The molecule has 0 unspecified atom stereocenters. The molecule has 2 rings (SSSR count). The van der Waals surface area contributed by atoms with E-state index >= 15 is 0 Å². The summed E-state index contributed by atoms with van der Waals surface area (Å²) in [7, 11) is 0. The highest BCUT2D eigenvalue weighted by atomic mass is 15.1. The van der Waals surface area contributed by atoms with Crippen molar-refractivity contribution in [2.45, 2.75) is 27.7 Å². The molecule has 0 aliphatic heterocycles. The fraction of sp³-hybridized carbons (Fsp3) is 0.333. The van der Waals surface area contributed by atoms with E-state index in [0.717, 1.165) is 11.4 Å². The van der Waals surface area contributed by atoms with E-state index in [4.69, 9.17) is 0 Å². The summed E-state index contributed by atoms with van der Waals surface area (Å²) in [5.41, 5.74) is 4.60. The van der Waals surface area contributed by atoms with Crippen molar-refractivity contribution in [2.24, 2.45) is 0 Å². The van der Waals surface area contributed by atoms with Crippen molar-refractivity contribution >= 4 is 10.8 Å². The zero-order valence-corrected chi connectivity index (χ0v) is 9.05. The molecule has 1 heterocycles. The maximum absolute atomic E-state index is 4.15. The first-order valence-corrected chi connectivity index (χ1v) is 4.80. The molecular weight excluding hydrogens is 172 g/mol. The molecule has 1 aromatic heterocycles. The topological polar surface area (TPSA) is 25.8 Å². The first-order chi connectivity index (χ1) is 6.59. The third kappa shape index (κ3) is 1.27. The van der Waals surface area contributed by atoms with Crippen molar-refractivity contribution < 1.29 is 0 Å². The molecule has 0 saturated heterocycles. The summed E-state index contributed by atoms with van der Waals surface area (Å²) < 4.78 is 0. The highest BCUT2D eigenvalue weighted by Gasteiger charge is 2.06. The van der Waals surface area contributed by atoms with Crippen LogP contribution in [0.4, 0.5) is 0 Å². The Hall–Kier alpha value is -1.44.